The molecule has 1 heterocycles. The maximum atomic E-state index is 13.9. The SMILES string of the molecule is CCNC(=O)[C@@H]1C[C@H](NCc2c(F)cccc2F)CN1Cc1ccc(Cl)cc1. The Labute approximate surface area is 168 Å². The Bertz CT molecular complexity index is 796. The number of hydrogen-bond donors (Lipinski definition) is 2. The molecule has 2 aromatic rings. The molecule has 2 atom stereocenters. The van der Waals surface area contributed by atoms with Gasteiger partial charge in [0.1, 0.15) is 11.6 Å². The first-order valence-corrected chi connectivity index (χ1v) is 9.78. The van der Waals surface area contributed by atoms with Crippen molar-refractivity contribution < 1.29 is 13.6 Å². The normalized spacial score (nSPS) is 19.7. The molecule has 2 N–H and O–H groups in total. The molecule has 0 saturated carbocycles. The smallest absolute Gasteiger partial charge is 0.237 e. The monoisotopic (exact) mass is 407 g/mol. The third kappa shape index (κ3) is 5.07. The molecule has 7 heteroatoms. The molecule has 150 valence electrons. The summed E-state index contributed by atoms with van der Waals surface area (Å²) in [5, 5.41) is 6.75. The summed E-state index contributed by atoms with van der Waals surface area (Å²) in [5.74, 6) is -1.16. The minimum absolute atomic E-state index is 0.0215. The molecule has 1 amide bonds. The lowest BCUT2D eigenvalue weighted by atomic mass is 10.1. The van der Waals surface area contributed by atoms with Crippen molar-refractivity contribution in [1.82, 2.24) is 15.5 Å². The number of nitrogens with one attached hydrogen (secondary N) is 2. The molecule has 1 saturated heterocycles. The van der Waals surface area contributed by atoms with Gasteiger partial charge in [0.05, 0.1) is 6.04 Å². The van der Waals surface area contributed by atoms with Gasteiger partial charge in [0, 0.05) is 42.8 Å². The second-order valence-corrected chi connectivity index (χ2v) is 7.42. The van der Waals surface area contributed by atoms with Gasteiger partial charge in [-0.3, -0.25) is 9.69 Å². The van der Waals surface area contributed by atoms with Crippen LogP contribution in [-0.4, -0.2) is 36.0 Å². The largest absolute Gasteiger partial charge is 0.355 e. The van der Waals surface area contributed by atoms with E-state index in [-0.39, 0.29) is 30.1 Å². The fraction of sp³-hybridized carbons (Fsp3) is 0.381. The van der Waals surface area contributed by atoms with E-state index in [0.717, 1.165) is 5.56 Å². The maximum absolute atomic E-state index is 13.9. The Balaban J connectivity index is 1.68. The first kappa shape index (κ1) is 20.7. The summed E-state index contributed by atoms with van der Waals surface area (Å²) in [7, 11) is 0. The first-order valence-electron chi connectivity index (χ1n) is 9.40. The van der Waals surface area contributed by atoms with Crippen molar-refractivity contribution in [3.63, 3.8) is 0 Å². The highest BCUT2D eigenvalue weighted by molar-refractivity contribution is 6.30. The molecule has 4 nitrogen and oxygen atoms in total. The standard InChI is InChI=1S/C21H24ClF2N3O/c1-2-25-21(28)20-10-16(26-11-17-18(23)4-3-5-19(17)24)13-27(20)12-14-6-8-15(22)9-7-14/h3-9,16,20,26H,2,10-13H2,1H3,(H,25,28)/t16-,20-/m0/s1. The number of likely N-dealkylation sites (tertiary alicyclic amines) is 1. The molecule has 2 aromatic carbocycles. The van der Waals surface area contributed by atoms with Crippen molar-refractivity contribution in [2.45, 2.75) is 38.5 Å². The summed E-state index contributed by atoms with van der Waals surface area (Å²) in [6.45, 7) is 3.74. The van der Waals surface area contributed by atoms with Crippen LogP contribution >= 0.6 is 11.6 Å². The van der Waals surface area contributed by atoms with E-state index >= 15 is 0 Å². The Hall–Kier alpha value is -2.02. The minimum atomic E-state index is -0.566. The quantitative estimate of drug-likeness (QED) is 0.738. The van der Waals surface area contributed by atoms with Crippen molar-refractivity contribution in [2.24, 2.45) is 0 Å². The van der Waals surface area contributed by atoms with Crippen LogP contribution in [0.2, 0.25) is 5.02 Å². The average molecular weight is 408 g/mol. The average Bonchev–Trinajstić information content (AvgIpc) is 3.06. The van der Waals surface area contributed by atoms with Crippen LogP contribution in [0.25, 0.3) is 0 Å². The fourth-order valence-electron chi connectivity index (χ4n) is 3.56. The number of nitrogens with zero attached hydrogens (tertiary/aromatic N) is 1. The van der Waals surface area contributed by atoms with Crippen molar-refractivity contribution in [3.8, 4) is 0 Å². The lowest BCUT2D eigenvalue weighted by molar-refractivity contribution is -0.125. The minimum Gasteiger partial charge on any atom is -0.355 e. The van der Waals surface area contributed by atoms with Crippen LogP contribution in [-0.2, 0) is 17.9 Å². The third-order valence-electron chi connectivity index (χ3n) is 4.99. The molecule has 1 fully saturated rings. The van der Waals surface area contributed by atoms with Gasteiger partial charge in [-0.15, -0.1) is 0 Å². The van der Waals surface area contributed by atoms with Crippen LogP contribution in [0.4, 0.5) is 8.78 Å². The van der Waals surface area contributed by atoms with Crippen LogP contribution in [0.3, 0.4) is 0 Å². The van der Waals surface area contributed by atoms with Gasteiger partial charge in [0.15, 0.2) is 0 Å². The second kappa shape index (κ2) is 9.45. The Morgan fingerprint density at radius 3 is 2.50 bits per heavy atom. The van der Waals surface area contributed by atoms with Gasteiger partial charge in [-0.25, -0.2) is 8.78 Å². The molecule has 0 spiro atoms. The zero-order valence-electron chi connectivity index (χ0n) is 15.7. The molecule has 28 heavy (non-hydrogen) atoms. The number of likely N-dealkylation sites (N-methyl/N-ethyl adjacent to an activating group) is 1. The lowest BCUT2D eigenvalue weighted by Gasteiger charge is -2.23. The van der Waals surface area contributed by atoms with E-state index in [1.165, 1.54) is 18.2 Å². The number of carbonyl (C=O) groups is 1. The first-order chi connectivity index (χ1) is 13.5. The lowest BCUT2D eigenvalue weighted by Crippen LogP contribution is -2.42. The summed E-state index contributed by atoms with van der Waals surface area (Å²) < 4.78 is 27.7. The topological polar surface area (TPSA) is 44.4 Å². The van der Waals surface area contributed by atoms with Crippen molar-refractivity contribution in [1.29, 1.82) is 0 Å². The van der Waals surface area contributed by atoms with Crippen molar-refractivity contribution in [3.05, 3.63) is 70.2 Å². The number of carbonyl (C=O) groups excluding carboxylic acids is 1. The van der Waals surface area contributed by atoms with Gasteiger partial charge in [-0.05, 0) is 43.2 Å². The summed E-state index contributed by atoms with van der Waals surface area (Å²) in [6.07, 6.45) is 0.579. The van der Waals surface area contributed by atoms with Gasteiger partial charge in [0.2, 0.25) is 5.91 Å². The molecular weight excluding hydrogens is 384 g/mol. The molecule has 0 aliphatic carbocycles. The van der Waals surface area contributed by atoms with Crippen molar-refractivity contribution in [2.75, 3.05) is 13.1 Å². The van der Waals surface area contributed by atoms with Crippen LogP contribution in [0, 0.1) is 11.6 Å². The summed E-state index contributed by atoms with van der Waals surface area (Å²) in [6, 6.07) is 11.0. The highest BCUT2D eigenvalue weighted by atomic mass is 35.5. The van der Waals surface area contributed by atoms with Crippen LogP contribution in [0.1, 0.15) is 24.5 Å². The van der Waals surface area contributed by atoms with E-state index in [1.54, 1.807) is 0 Å². The van der Waals surface area contributed by atoms with Gasteiger partial charge in [0.25, 0.3) is 0 Å². The van der Waals surface area contributed by atoms with E-state index in [2.05, 4.69) is 15.5 Å². The number of halogens is 3. The van der Waals surface area contributed by atoms with E-state index in [0.29, 0.717) is 31.1 Å². The Morgan fingerprint density at radius 2 is 1.86 bits per heavy atom. The van der Waals surface area contributed by atoms with Crippen molar-refractivity contribution >= 4 is 17.5 Å². The molecule has 1 aliphatic rings. The fourth-order valence-corrected chi connectivity index (χ4v) is 3.69. The summed E-state index contributed by atoms with van der Waals surface area (Å²) >= 11 is 5.95. The Kier molecular flexibility index (Phi) is 6.99. The van der Waals surface area contributed by atoms with Gasteiger partial charge in [-0.2, -0.15) is 0 Å². The molecule has 0 aromatic heterocycles. The molecule has 0 radical (unpaired) electrons. The predicted molar refractivity (Wildman–Crippen MR) is 106 cm³/mol. The van der Waals surface area contributed by atoms with Gasteiger partial charge in [-0.1, -0.05) is 29.8 Å². The van der Waals surface area contributed by atoms with Gasteiger partial charge >= 0.3 is 0 Å². The van der Waals surface area contributed by atoms with E-state index in [1.807, 2.05) is 31.2 Å². The number of benzene rings is 2. The second-order valence-electron chi connectivity index (χ2n) is 6.98. The van der Waals surface area contributed by atoms with E-state index < -0.39 is 11.6 Å². The van der Waals surface area contributed by atoms with E-state index in [9.17, 15) is 13.6 Å². The zero-order chi connectivity index (χ0) is 20.1. The molecule has 0 bridgehead atoms. The number of hydrogen-bond acceptors (Lipinski definition) is 3. The highest BCUT2D eigenvalue weighted by Gasteiger charge is 2.36. The molecule has 0 unspecified atom stereocenters. The van der Waals surface area contributed by atoms with E-state index in [4.69, 9.17) is 11.6 Å². The molecule has 3 rings (SSSR count). The molecular formula is C21H24ClF2N3O. The zero-order valence-corrected chi connectivity index (χ0v) is 16.5. The number of rotatable bonds is 7. The summed E-state index contributed by atoms with van der Waals surface area (Å²) in [5.41, 5.74) is 1.08. The predicted octanol–water partition coefficient (Wildman–Crippen LogP) is 3.49. The van der Waals surface area contributed by atoms with Crippen LogP contribution in [0.15, 0.2) is 42.5 Å². The Morgan fingerprint density at radius 1 is 1.18 bits per heavy atom. The van der Waals surface area contributed by atoms with Gasteiger partial charge < -0.3 is 10.6 Å². The maximum Gasteiger partial charge on any atom is 0.237 e. The third-order valence-corrected chi connectivity index (χ3v) is 5.24. The van der Waals surface area contributed by atoms with Crippen LogP contribution in [0.5, 0.6) is 0 Å². The summed E-state index contributed by atoms with van der Waals surface area (Å²) in [4.78, 5) is 14.6. The number of amides is 1. The van der Waals surface area contributed by atoms with Crippen LogP contribution < -0.4 is 10.6 Å². The molecule has 1 aliphatic heterocycles. The highest BCUT2D eigenvalue weighted by Crippen LogP contribution is 2.23.